The molecule has 0 fully saturated rings. The van der Waals surface area contributed by atoms with Crippen LogP contribution in [0.3, 0.4) is 0 Å². The van der Waals surface area contributed by atoms with Gasteiger partial charge in [-0.05, 0) is 34.1 Å². The molecule has 0 saturated heterocycles. The maximum atomic E-state index is 11.2. The zero-order valence-corrected chi connectivity index (χ0v) is 9.46. The molecule has 2 nitrogen and oxygen atoms in total. The highest BCUT2D eigenvalue weighted by Crippen LogP contribution is 2.25. The molecule has 0 spiro atoms. The molecule has 1 unspecified atom stereocenters. The second kappa shape index (κ2) is 3.36. The first-order chi connectivity index (χ1) is 5.41. The van der Waals surface area contributed by atoms with Crippen LogP contribution in [0.5, 0.6) is 0 Å². The summed E-state index contributed by atoms with van der Waals surface area (Å²) in [6, 6.07) is 4.86. The van der Waals surface area contributed by atoms with Crippen LogP contribution in [0.2, 0.25) is 5.02 Å². The molecule has 12 heavy (non-hydrogen) atoms. The van der Waals surface area contributed by atoms with Crippen LogP contribution in [0, 0.1) is 4.78 Å². The first kappa shape index (κ1) is 10.0. The van der Waals surface area contributed by atoms with Gasteiger partial charge in [0.2, 0.25) is 0 Å². The van der Waals surface area contributed by atoms with Gasteiger partial charge in [-0.15, -0.1) is 0 Å². The lowest BCUT2D eigenvalue weighted by Crippen LogP contribution is -1.93. The summed E-state index contributed by atoms with van der Waals surface area (Å²) < 4.78 is 19.3. The van der Waals surface area contributed by atoms with Gasteiger partial charge < -0.3 is 0 Å². The topological polar surface area (TPSA) is 40.9 Å². The normalized spacial score (nSPS) is 15.6. The zero-order valence-electron chi connectivity index (χ0n) is 6.30. The molecule has 0 aliphatic rings. The zero-order chi connectivity index (χ0) is 9.35. The molecule has 1 rings (SSSR count). The number of halogens is 2. The molecular weight excluding hydrogens is 262 g/mol. The van der Waals surface area contributed by atoms with Gasteiger partial charge in [-0.1, -0.05) is 11.6 Å². The average Bonchev–Trinajstić information content (AvgIpc) is 1.92. The van der Waals surface area contributed by atoms with Crippen molar-refractivity contribution < 1.29 is 4.21 Å². The van der Waals surface area contributed by atoms with Gasteiger partial charge >= 0.3 is 0 Å². The standard InChI is InChI=1S/C7H7BrClNOS/c1-12(10,11)5-2-3-6(8)7(9)4-5/h2-4,10H,1H3. The summed E-state index contributed by atoms with van der Waals surface area (Å²) in [7, 11) is -2.65. The van der Waals surface area contributed by atoms with Gasteiger partial charge in [-0.2, -0.15) is 0 Å². The van der Waals surface area contributed by atoms with Crippen molar-refractivity contribution in [3.63, 3.8) is 0 Å². The predicted molar refractivity (Wildman–Crippen MR) is 54.2 cm³/mol. The molecule has 0 heterocycles. The van der Waals surface area contributed by atoms with Gasteiger partial charge in [0, 0.05) is 15.6 Å². The Morgan fingerprint density at radius 1 is 1.58 bits per heavy atom. The van der Waals surface area contributed by atoms with E-state index >= 15 is 0 Å². The molecule has 0 radical (unpaired) electrons. The van der Waals surface area contributed by atoms with Gasteiger partial charge in [0.1, 0.15) is 0 Å². The second-order valence-corrected chi connectivity index (χ2v) is 5.84. The van der Waals surface area contributed by atoms with Crippen LogP contribution in [-0.4, -0.2) is 10.5 Å². The smallest absolute Gasteiger partial charge is 0.0697 e. The molecular formula is C7H7BrClNOS. The maximum absolute atomic E-state index is 11.2. The summed E-state index contributed by atoms with van der Waals surface area (Å²) in [4.78, 5) is 0.454. The fourth-order valence-electron chi connectivity index (χ4n) is 0.719. The Labute approximate surface area is 85.0 Å². The van der Waals surface area contributed by atoms with E-state index in [1.165, 1.54) is 6.26 Å². The van der Waals surface area contributed by atoms with Gasteiger partial charge in [0.05, 0.1) is 14.8 Å². The Bertz CT molecular complexity index is 402. The quantitative estimate of drug-likeness (QED) is 0.835. The fourth-order valence-corrected chi connectivity index (χ4v) is 1.88. The maximum Gasteiger partial charge on any atom is 0.0697 e. The van der Waals surface area contributed by atoms with Crippen LogP contribution in [-0.2, 0) is 9.73 Å². The molecule has 5 heteroatoms. The third-order valence-corrected chi connectivity index (χ3v) is 3.73. The average molecular weight is 269 g/mol. The van der Waals surface area contributed by atoms with Crippen molar-refractivity contribution in [3.8, 4) is 0 Å². The molecule has 1 aromatic rings. The highest BCUT2D eigenvalue weighted by molar-refractivity contribution is 9.10. The first-order valence-corrected chi connectivity index (χ1v) is 6.24. The van der Waals surface area contributed by atoms with E-state index < -0.39 is 9.73 Å². The SMILES string of the molecule is CS(=N)(=O)c1ccc(Br)c(Cl)c1. The molecule has 1 atom stereocenters. The lowest BCUT2D eigenvalue weighted by atomic mass is 10.4. The molecule has 0 saturated carbocycles. The van der Waals surface area contributed by atoms with E-state index in [9.17, 15) is 4.21 Å². The van der Waals surface area contributed by atoms with Crippen molar-refractivity contribution in [2.24, 2.45) is 0 Å². The molecule has 0 aliphatic carbocycles. The minimum Gasteiger partial charge on any atom is -0.249 e. The summed E-state index contributed by atoms with van der Waals surface area (Å²) in [5.74, 6) is 0. The summed E-state index contributed by atoms with van der Waals surface area (Å²) in [5.41, 5.74) is 0. The van der Waals surface area contributed by atoms with Crippen LogP contribution >= 0.6 is 27.5 Å². The number of benzene rings is 1. The summed E-state index contributed by atoms with van der Waals surface area (Å²) >= 11 is 8.97. The largest absolute Gasteiger partial charge is 0.249 e. The summed E-state index contributed by atoms with van der Waals surface area (Å²) in [6.45, 7) is 0. The Hall–Kier alpha value is -0.0600. The molecule has 0 amide bonds. The lowest BCUT2D eigenvalue weighted by molar-refractivity contribution is 0.679. The van der Waals surface area contributed by atoms with Crippen LogP contribution < -0.4 is 0 Å². The van der Waals surface area contributed by atoms with E-state index in [0.29, 0.717) is 9.92 Å². The van der Waals surface area contributed by atoms with Crippen LogP contribution in [0.1, 0.15) is 0 Å². The third kappa shape index (κ3) is 2.21. The minimum atomic E-state index is -2.65. The van der Waals surface area contributed by atoms with Crippen LogP contribution in [0.25, 0.3) is 0 Å². The van der Waals surface area contributed by atoms with Gasteiger partial charge in [-0.3, -0.25) is 0 Å². The Morgan fingerprint density at radius 2 is 2.17 bits per heavy atom. The minimum absolute atomic E-state index is 0.454. The van der Waals surface area contributed by atoms with Crippen LogP contribution in [0.15, 0.2) is 27.6 Å². The molecule has 0 aromatic heterocycles. The highest BCUT2D eigenvalue weighted by Gasteiger charge is 2.05. The van der Waals surface area contributed by atoms with E-state index in [1.54, 1.807) is 18.2 Å². The first-order valence-electron chi connectivity index (χ1n) is 3.10. The van der Waals surface area contributed by atoms with Crippen molar-refractivity contribution in [3.05, 3.63) is 27.7 Å². The molecule has 66 valence electrons. The van der Waals surface area contributed by atoms with Crippen molar-refractivity contribution >= 4 is 37.3 Å². The monoisotopic (exact) mass is 267 g/mol. The molecule has 0 aliphatic heterocycles. The van der Waals surface area contributed by atoms with Gasteiger partial charge in [0.15, 0.2) is 0 Å². The number of rotatable bonds is 1. The Kier molecular flexibility index (Phi) is 2.81. The summed E-state index contributed by atoms with van der Waals surface area (Å²) in [5, 5.41) is 0.481. The number of nitrogens with one attached hydrogen (secondary N) is 1. The Balaban J connectivity index is 3.33. The van der Waals surface area contributed by atoms with Gasteiger partial charge in [0.25, 0.3) is 0 Å². The van der Waals surface area contributed by atoms with Crippen LogP contribution in [0.4, 0.5) is 0 Å². The van der Waals surface area contributed by atoms with E-state index in [1.807, 2.05) is 0 Å². The molecule has 1 N–H and O–H groups in total. The highest BCUT2D eigenvalue weighted by atomic mass is 79.9. The van der Waals surface area contributed by atoms with E-state index in [0.717, 1.165) is 4.47 Å². The van der Waals surface area contributed by atoms with Crippen molar-refractivity contribution in [1.29, 1.82) is 4.78 Å². The lowest BCUT2D eigenvalue weighted by Gasteiger charge is -2.02. The predicted octanol–water partition coefficient (Wildman–Crippen LogP) is 3.14. The van der Waals surface area contributed by atoms with Crippen molar-refractivity contribution in [2.45, 2.75) is 4.90 Å². The van der Waals surface area contributed by atoms with E-state index in [2.05, 4.69) is 15.9 Å². The third-order valence-electron chi connectivity index (χ3n) is 1.34. The number of hydrogen-bond acceptors (Lipinski definition) is 2. The van der Waals surface area contributed by atoms with Gasteiger partial charge in [-0.25, -0.2) is 8.99 Å². The number of hydrogen-bond donors (Lipinski definition) is 1. The van der Waals surface area contributed by atoms with E-state index in [4.69, 9.17) is 16.4 Å². The summed E-state index contributed by atoms with van der Waals surface area (Å²) in [6.07, 6.45) is 1.37. The van der Waals surface area contributed by atoms with Crippen molar-refractivity contribution in [1.82, 2.24) is 0 Å². The van der Waals surface area contributed by atoms with E-state index in [-0.39, 0.29) is 0 Å². The molecule has 1 aromatic carbocycles. The molecule has 0 bridgehead atoms. The fraction of sp³-hybridized carbons (Fsp3) is 0.143. The Morgan fingerprint density at radius 3 is 2.58 bits per heavy atom. The van der Waals surface area contributed by atoms with Crippen molar-refractivity contribution in [2.75, 3.05) is 6.26 Å². The second-order valence-electron chi connectivity index (χ2n) is 2.42.